The van der Waals surface area contributed by atoms with Gasteiger partial charge in [-0.25, -0.2) is 0 Å². The highest BCUT2D eigenvalue weighted by molar-refractivity contribution is 9.08. The van der Waals surface area contributed by atoms with Gasteiger partial charge in [0.25, 0.3) is 0 Å². The molecule has 0 bridgehead atoms. The van der Waals surface area contributed by atoms with Crippen LogP contribution in [0, 0.1) is 13.8 Å². The normalized spacial score (nSPS) is 9.95. The summed E-state index contributed by atoms with van der Waals surface area (Å²) in [4.78, 5) is 21.1. The zero-order valence-corrected chi connectivity index (χ0v) is 35.3. The van der Waals surface area contributed by atoms with Crippen molar-refractivity contribution >= 4 is 63.3 Å². The average molecular weight is 897 g/mol. The number of phenolic OH excluding ortho intramolecular Hbond substituents is 2. The Bertz CT molecular complexity index is 2180. The SMILES string of the molecule is COCOc1cccc(CBr)c1.Cc1cccc(COc2ccc(Cl)cc2C=O)c1.Cc1cccc(COc2ccc(Cl)cc2O)c1.O=Cc1cc(Cl)ccc1O. The number of phenols is 2. The Labute approximate surface area is 356 Å². The summed E-state index contributed by atoms with van der Waals surface area (Å²) in [6.07, 6.45) is 1.30. The van der Waals surface area contributed by atoms with Crippen molar-refractivity contribution in [1.82, 2.24) is 0 Å². The highest BCUT2D eigenvalue weighted by Gasteiger charge is 2.05. The molecule has 6 aromatic rings. The Kier molecular flexibility index (Phi) is 20.5. The van der Waals surface area contributed by atoms with E-state index in [-0.39, 0.29) is 17.1 Å². The molecule has 0 aliphatic rings. The molecule has 0 fully saturated rings. The largest absolute Gasteiger partial charge is 0.507 e. The predicted octanol–water partition coefficient (Wildman–Crippen LogP) is 12.4. The molecule has 0 unspecified atom stereocenters. The molecular weight excluding hydrogens is 855 g/mol. The molecule has 0 heterocycles. The Hall–Kier alpha value is -5.03. The molecule has 0 saturated carbocycles. The standard InChI is InChI=1S/C15H13ClO2.C14H13ClO2.C9H11BrO2.C7H5ClO2/c1-11-3-2-4-12(7-11)10-18-15-6-5-14(16)8-13(15)9-17;1-10-3-2-4-11(7-10)9-17-14-6-5-12(15)8-13(14)16;1-11-7-12-9-4-2-3-8(5-9)6-10;8-6-1-2-7(10)5(3-6)4-9/h2-9H,10H2,1H3;2-8,16H,9H2,1H3;2-5H,6-7H2,1H3;1-4,10H. The van der Waals surface area contributed by atoms with Crippen molar-refractivity contribution in [3.8, 4) is 28.7 Å². The Morgan fingerprint density at radius 2 is 1.07 bits per heavy atom. The fourth-order valence-electron chi connectivity index (χ4n) is 4.75. The lowest BCUT2D eigenvalue weighted by atomic mass is 10.1. The second-order valence-corrected chi connectivity index (χ2v) is 14.0. The Morgan fingerprint density at radius 1 is 0.561 bits per heavy atom. The molecule has 0 aliphatic heterocycles. The van der Waals surface area contributed by atoms with Crippen molar-refractivity contribution in [3.63, 3.8) is 0 Å². The van der Waals surface area contributed by atoms with Gasteiger partial charge >= 0.3 is 0 Å². The van der Waals surface area contributed by atoms with E-state index in [4.69, 9.17) is 58.9 Å². The molecule has 6 aromatic carbocycles. The molecule has 0 atom stereocenters. The van der Waals surface area contributed by atoms with Crippen LogP contribution in [0.2, 0.25) is 15.1 Å². The number of carbonyl (C=O) groups excluding carboxylic acids is 2. The second-order valence-electron chi connectivity index (χ2n) is 12.1. The first kappa shape index (κ1) is 46.4. The van der Waals surface area contributed by atoms with Crippen LogP contribution in [0.15, 0.2) is 127 Å². The molecule has 0 spiro atoms. The Morgan fingerprint density at radius 3 is 1.60 bits per heavy atom. The van der Waals surface area contributed by atoms with Crippen LogP contribution in [0.5, 0.6) is 28.7 Å². The van der Waals surface area contributed by atoms with Gasteiger partial charge in [0, 0.05) is 33.6 Å². The fraction of sp³-hybridized carbons (Fsp3) is 0.156. The van der Waals surface area contributed by atoms with Gasteiger partial charge in [0.05, 0.1) is 11.1 Å². The summed E-state index contributed by atoms with van der Waals surface area (Å²) in [6.45, 7) is 5.22. The van der Waals surface area contributed by atoms with Crippen LogP contribution in [0.25, 0.3) is 0 Å². The van der Waals surface area contributed by atoms with E-state index in [1.54, 1.807) is 37.4 Å². The lowest BCUT2D eigenvalue weighted by molar-refractivity contribution is 0.0511. The molecule has 0 radical (unpaired) electrons. The van der Waals surface area contributed by atoms with Crippen LogP contribution in [0.3, 0.4) is 0 Å². The summed E-state index contributed by atoms with van der Waals surface area (Å²) in [7, 11) is 1.61. The van der Waals surface area contributed by atoms with Crippen molar-refractivity contribution in [2.75, 3.05) is 13.9 Å². The maximum Gasteiger partial charge on any atom is 0.188 e. The van der Waals surface area contributed by atoms with E-state index in [1.807, 2.05) is 80.6 Å². The first-order chi connectivity index (χ1) is 27.4. The summed E-state index contributed by atoms with van der Waals surface area (Å²) in [5.74, 6) is 1.85. The Balaban J connectivity index is 0.000000209. The van der Waals surface area contributed by atoms with Crippen LogP contribution in [0.1, 0.15) is 48.5 Å². The number of aromatic hydroxyl groups is 2. The third-order valence-corrected chi connectivity index (χ3v) is 8.84. The van der Waals surface area contributed by atoms with Crippen LogP contribution >= 0.6 is 50.7 Å². The number of carbonyl (C=O) groups is 2. The van der Waals surface area contributed by atoms with Crippen molar-refractivity contribution in [3.05, 3.63) is 181 Å². The number of benzene rings is 6. The van der Waals surface area contributed by atoms with E-state index in [0.717, 1.165) is 28.5 Å². The number of rotatable bonds is 12. The molecule has 0 saturated heterocycles. The molecule has 298 valence electrons. The maximum absolute atomic E-state index is 10.9. The maximum atomic E-state index is 10.9. The van der Waals surface area contributed by atoms with Crippen molar-refractivity contribution < 1.29 is 38.7 Å². The summed E-state index contributed by atoms with van der Waals surface area (Å²) >= 11 is 20.5. The number of aryl methyl sites for hydroxylation is 2. The second kappa shape index (κ2) is 25.3. The van der Waals surface area contributed by atoms with Gasteiger partial charge in [0.2, 0.25) is 0 Å². The van der Waals surface area contributed by atoms with Crippen LogP contribution in [-0.2, 0) is 23.3 Å². The number of hydrogen-bond donors (Lipinski definition) is 2. The quantitative estimate of drug-likeness (QED) is 0.0710. The van der Waals surface area contributed by atoms with Crippen molar-refractivity contribution in [1.29, 1.82) is 0 Å². The van der Waals surface area contributed by atoms with Crippen LogP contribution in [-0.4, -0.2) is 36.7 Å². The van der Waals surface area contributed by atoms with E-state index in [9.17, 15) is 14.7 Å². The van der Waals surface area contributed by atoms with Gasteiger partial charge < -0.3 is 29.2 Å². The van der Waals surface area contributed by atoms with E-state index in [0.29, 0.717) is 58.4 Å². The van der Waals surface area contributed by atoms with Gasteiger partial charge in [-0.3, -0.25) is 9.59 Å². The third kappa shape index (κ3) is 17.3. The third-order valence-electron chi connectivity index (χ3n) is 7.49. The van der Waals surface area contributed by atoms with Crippen LogP contribution < -0.4 is 14.2 Å². The van der Waals surface area contributed by atoms with Gasteiger partial charge in [0.15, 0.2) is 30.9 Å². The van der Waals surface area contributed by atoms with Gasteiger partial charge in [-0.2, -0.15) is 0 Å². The van der Waals surface area contributed by atoms with Gasteiger partial charge in [-0.15, -0.1) is 0 Å². The molecule has 2 N–H and O–H groups in total. The summed E-state index contributed by atoms with van der Waals surface area (Å²) in [6, 6.07) is 38.1. The lowest BCUT2D eigenvalue weighted by Gasteiger charge is -2.09. The molecule has 12 heteroatoms. The number of alkyl halides is 1. The first-order valence-corrected chi connectivity index (χ1v) is 19.5. The first-order valence-electron chi connectivity index (χ1n) is 17.2. The van der Waals surface area contributed by atoms with Crippen molar-refractivity contribution in [2.24, 2.45) is 0 Å². The van der Waals surface area contributed by atoms with Crippen LogP contribution in [0.4, 0.5) is 0 Å². The number of ether oxygens (including phenoxy) is 4. The minimum Gasteiger partial charge on any atom is -0.507 e. The average Bonchev–Trinajstić information content (AvgIpc) is 3.21. The smallest absolute Gasteiger partial charge is 0.188 e. The molecule has 8 nitrogen and oxygen atoms in total. The van der Waals surface area contributed by atoms with Crippen molar-refractivity contribution in [2.45, 2.75) is 32.4 Å². The zero-order valence-electron chi connectivity index (χ0n) is 31.5. The predicted molar refractivity (Wildman–Crippen MR) is 231 cm³/mol. The summed E-state index contributed by atoms with van der Waals surface area (Å²) in [5, 5.41) is 20.9. The lowest BCUT2D eigenvalue weighted by Crippen LogP contribution is -1.98. The van der Waals surface area contributed by atoms with E-state index in [1.165, 1.54) is 41.0 Å². The number of hydrogen-bond acceptors (Lipinski definition) is 8. The number of aldehydes is 2. The molecule has 0 amide bonds. The highest BCUT2D eigenvalue weighted by atomic mass is 79.9. The van der Waals surface area contributed by atoms with Gasteiger partial charge in [-0.1, -0.05) is 123 Å². The number of methoxy groups -OCH3 is 1. The topological polar surface area (TPSA) is 112 Å². The molecule has 57 heavy (non-hydrogen) atoms. The highest BCUT2D eigenvalue weighted by Crippen LogP contribution is 2.29. The molecule has 0 aliphatic carbocycles. The minimum absolute atomic E-state index is 0.0422. The summed E-state index contributed by atoms with van der Waals surface area (Å²) < 4.78 is 21.2. The zero-order chi connectivity index (χ0) is 41.6. The van der Waals surface area contributed by atoms with Gasteiger partial charge in [0.1, 0.15) is 30.5 Å². The van der Waals surface area contributed by atoms with Gasteiger partial charge in [-0.05, 0) is 91.2 Å². The summed E-state index contributed by atoms with van der Waals surface area (Å²) in [5.41, 5.74) is 6.39. The van der Waals surface area contributed by atoms with E-state index >= 15 is 0 Å². The molecule has 6 rings (SSSR count). The molecular formula is C45H42BrCl3O8. The fourth-order valence-corrected chi connectivity index (χ4v) is 5.62. The number of halogens is 4. The van der Waals surface area contributed by atoms with E-state index in [2.05, 4.69) is 22.0 Å². The monoisotopic (exact) mass is 894 g/mol. The minimum atomic E-state index is -0.0422. The molecule has 0 aromatic heterocycles. The van der Waals surface area contributed by atoms with E-state index < -0.39 is 0 Å².